The van der Waals surface area contributed by atoms with E-state index >= 15 is 0 Å². The Hall–Kier alpha value is -3.59. The molecule has 1 aromatic heterocycles. The summed E-state index contributed by atoms with van der Waals surface area (Å²) in [6.07, 6.45) is 1.45. The van der Waals surface area contributed by atoms with Crippen LogP contribution in [0.5, 0.6) is 5.75 Å². The van der Waals surface area contributed by atoms with E-state index in [0.29, 0.717) is 5.69 Å². The van der Waals surface area contributed by atoms with Gasteiger partial charge in [-0.05, 0) is 6.07 Å². The van der Waals surface area contributed by atoms with Crippen LogP contribution in [0.15, 0.2) is 53.8 Å². The van der Waals surface area contributed by atoms with Crippen molar-refractivity contribution in [3.63, 3.8) is 0 Å². The van der Waals surface area contributed by atoms with E-state index in [1.54, 1.807) is 0 Å². The number of hydrazone groups is 1. The van der Waals surface area contributed by atoms with Gasteiger partial charge in [0.15, 0.2) is 0 Å². The predicted molar refractivity (Wildman–Crippen MR) is 94.9 cm³/mol. The minimum absolute atomic E-state index is 0.0132. The van der Waals surface area contributed by atoms with E-state index in [2.05, 4.69) is 20.3 Å². The zero-order chi connectivity index (χ0) is 18.7. The van der Waals surface area contributed by atoms with Crippen LogP contribution in [0.4, 0.5) is 5.69 Å². The van der Waals surface area contributed by atoms with E-state index in [1.807, 2.05) is 30.3 Å². The molecule has 0 amide bonds. The summed E-state index contributed by atoms with van der Waals surface area (Å²) in [7, 11) is 0. The molecule has 0 atom stereocenters. The number of hydrogen-bond acceptors (Lipinski definition) is 8. The zero-order valence-electron chi connectivity index (χ0n) is 13.1. The second kappa shape index (κ2) is 7.11. The Labute approximate surface area is 151 Å². The molecule has 130 valence electrons. The fraction of sp³-hybridized carbons (Fsp3) is 0. The Bertz CT molecular complexity index is 1010. The number of aromatic nitrogens is 3. The molecule has 0 unspecified atom stereocenters. The van der Waals surface area contributed by atoms with Crippen LogP contribution in [0.25, 0.3) is 11.3 Å². The van der Waals surface area contributed by atoms with Gasteiger partial charge in [0.2, 0.25) is 11.6 Å². The number of rotatable bonds is 4. The summed E-state index contributed by atoms with van der Waals surface area (Å²) >= 11 is 5.91. The number of phenolic OH excluding ortho intramolecular Hbond substituents is 1. The molecule has 0 bridgehead atoms. The second-order valence-electron chi connectivity index (χ2n) is 5.09. The first kappa shape index (κ1) is 17.2. The average Bonchev–Trinajstić information content (AvgIpc) is 2.65. The van der Waals surface area contributed by atoms with Gasteiger partial charge in [0.1, 0.15) is 5.71 Å². The molecule has 0 spiro atoms. The third-order valence-electron chi connectivity index (χ3n) is 3.48. The van der Waals surface area contributed by atoms with Crippen molar-refractivity contribution in [1.82, 2.24) is 15.2 Å². The summed E-state index contributed by atoms with van der Waals surface area (Å²) in [6.45, 7) is 0. The van der Waals surface area contributed by atoms with Crippen LogP contribution < -0.4 is 5.84 Å². The molecule has 9 nitrogen and oxygen atoms in total. The number of phenols is 1. The van der Waals surface area contributed by atoms with E-state index in [4.69, 9.17) is 17.4 Å². The summed E-state index contributed by atoms with van der Waals surface area (Å²) in [4.78, 5) is 14.6. The molecule has 0 saturated heterocycles. The number of nitro benzene ring substituents is 1. The Morgan fingerprint density at radius 1 is 1.27 bits per heavy atom. The van der Waals surface area contributed by atoms with Crippen LogP contribution in [0.1, 0.15) is 11.4 Å². The van der Waals surface area contributed by atoms with Gasteiger partial charge in [0, 0.05) is 16.7 Å². The Kier molecular flexibility index (Phi) is 4.72. The van der Waals surface area contributed by atoms with Crippen LogP contribution in [-0.2, 0) is 0 Å². The highest BCUT2D eigenvalue weighted by atomic mass is 35.5. The number of nitro groups is 1. The molecule has 0 aliphatic rings. The predicted octanol–water partition coefficient (Wildman–Crippen LogP) is 2.52. The quantitative estimate of drug-likeness (QED) is 0.311. The third-order valence-corrected chi connectivity index (χ3v) is 3.69. The summed E-state index contributed by atoms with van der Waals surface area (Å²) < 4.78 is 0. The van der Waals surface area contributed by atoms with Crippen molar-refractivity contribution in [2.24, 2.45) is 10.9 Å². The van der Waals surface area contributed by atoms with Gasteiger partial charge in [0.25, 0.3) is 0 Å². The molecule has 0 aliphatic heterocycles. The molecule has 3 rings (SSSR count). The molecule has 0 radical (unpaired) electrons. The SMILES string of the molecule is N/N=C(/c1nncc(-c2ccccc2)n1)c1cc(Cl)cc([N+](=O)[O-])c1O. The Morgan fingerprint density at radius 3 is 2.65 bits per heavy atom. The van der Waals surface area contributed by atoms with E-state index < -0.39 is 16.4 Å². The van der Waals surface area contributed by atoms with Gasteiger partial charge < -0.3 is 10.9 Å². The molecule has 10 heteroatoms. The molecule has 1 heterocycles. The van der Waals surface area contributed by atoms with Gasteiger partial charge in [-0.2, -0.15) is 10.2 Å². The van der Waals surface area contributed by atoms with Crippen LogP contribution in [0, 0.1) is 10.1 Å². The van der Waals surface area contributed by atoms with Gasteiger partial charge in [-0.25, -0.2) is 4.98 Å². The molecule has 0 saturated carbocycles. The maximum Gasteiger partial charge on any atom is 0.312 e. The van der Waals surface area contributed by atoms with Crippen LogP contribution >= 0.6 is 11.6 Å². The fourth-order valence-electron chi connectivity index (χ4n) is 2.30. The maximum atomic E-state index is 11.1. The maximum absolute atomic E-state index is 11.1. The largest absolute Gasteiger partial charge is 0.502 e. The number of halogens is 1. The molecule has 26 heavy (non-hydrogen) atoms. The van der Waals surface area contributed by atoms with Gasteiger partial charge in [-0.3, -0.25) is 10.1 Å². The standard InChI is InChI=1S/C16H11ClN6O3/c17-10-6-11(15(24)13(7-10)23(25)26)14(21-18)16-20-12(8-19-22-16)9-4-2-1-3-5-9/h1-8,24H,18H2/b21-14+. The first-order valence-electron chi connectivity index (χ1n) is 7.22. The molecule has 3 aromatic rings. The van der Waals surface area contributed by atoms with E-state index in [-0.39, 0.29) is 22.1 Å². The third kappa shape index (κ3) is 3.28. The first-order chi connectivity index (χ1) is 12.5. The Morgan fingerprint density at radius 2 is 2.00 bits per heavy atom. The second-order valence-corrected chi connectivity index (χ2v) is 5.52. The number of nitrogens with two attached hydrogens (primary N) is 1. The lowest BCUT2D eigenvalue weighted by atomic mass is 10.1. The normalized spacial score (nSPS) is 11.3. The zero-order valence-corrected chi connectivity index (χ0v) is 13.8. The molecular formula is C16H11ClN6O3. The molecule has 0 fully saturated rings. The number of benzene rings is 2. The van der Waals surface area contributed by atoms with Crippen molar-refractivity contribution in [1.29, 1.82) is 0 Å². The first-order valence-corrected chi connectivity index (χ1v) is 7.59. The highest BCUT2D eigenvalue weighted by Crippen LogP contribution is 2.34. The number of hydrogen-bond donors (Lipinski definition) is 2. The van der Waals surface area contributed by atoms with Gasteiger partial charge in [-0.1, -0.05) is 41.9 Å². The minimum atomic E-state index is -0.766. The fourth-order valence-corrected chi connectivity index (χ4v) is 2.52. The molecule has 3 N–H and O–H groups in total. The number of nitrogens with zero attached hydrogens (tertiary/aromatic N) is 5. The van der Waals surface area contributed by atoms with Crippen molar-refractivity contribution in [3.05, 3.63) is 75.2 Å². The Balaban J connectivity index is 2.13. The van der Waals surface area contributed by atoms with Crippen LogP contribution in [-0.4, -0.2) is 30.9 Å². The van der Waals surface area contributed by atoms with Crippen molar-refractivity contribution < 1.29 is 10.0 Å². The van der Waals surface area contributed by atoms with Crippen LogP contribution in [0.2, 0.25) is 5.02 Å². The van der Waals surface area contributed by atoms with Gasteiger partial charge in [0.05, 0.1) is 22.4 Å². The lowest BCUT2D eigenvalue weighted by Gasteiger charge is -2.08. The lowest BCUT2D eigenvalue weighted by molar-refractivity contribution is -0.385. The molecule has 0 aliphatic carbocycles. The monoisotopic (exact) mass is 370 g/mol. The summed E-state index contributed by atoms with van der Waals surface area (Å²) in [5.41, 5.74) is 0.534. The van der Waals surface area contributed by atoms with E-state index in [1.165, 1.54) is 12.3 Å². The highest BCUT2D eigenvalue weighted by molar-refractivity contribution is 6.31. The average molecular weight is 371 g/mol. The van der Waals surface area contributed by atoms with Gasteiger partial charge in [-0.15, -0.1) is 5.10 Å². The topological polar surface area (TPSA) is 140 Å². The van der Waals surface area contributed by atoms with Crippen molar-refractivity contribution in [2.45, 2.75) is 0 Å². The number of aromatic hydroxyl groups is 1. The summed E-state index contributed by atoms with van der Waals surface area (Å²) in [5.74, 6) is 4.77. The summed E-state index contributed by atoms with van der Waals surface area (Å²) in [5, 5.41) is 32.6. The highest BCUT2D eigenvalue weighted by Gasteiger charge is 2.24. The van der Waals surface area contributed by atoms with E-state index in [9.17, 15) is 15.2 Å². The van der Waals surface area contributed by atoms with Crippen molar-refractivity contribution in [2.75, 3.05) is 0 Å². The van der Waals surface area contributed by atoms with Crippen LogP contribution in [0.3, 0.4) is 0 Å². The molecule has 2 aromatic carbocycles. The van der Waals surface area contributed by atoms with E-state index in [0.717, 1.165) is 11.6 Å². The van der Waals surface area contributed by atoms with Gasteiger partial charge >= 0.3 is 5.69 Å². The van der Waals surface area contributed by atoms with Crippen molar-refractivity contribution in [3.8, 4) is 17.0 Å². The summed E-state index contributed by atoms with van der Waals surface area (Å²) in [6, 6.07) is 11.5. The van der Waals surface area contributed by atoms with Crippen molar-refractivity contribution >= 4 is 23.0 Å². The minimum Gasteiger partial charge on any atom is -0.502 e. The smallest absolute Gasteiger partial charge is 0.312 e. The lowest BCUT2D eigenvalue weighted by Crippen LogP contribution is -2.13. The molecular weight excluding hydrogens is 360 g/mol.